The zero-order valence-corrected chi connectivity index (χ0v) is 18.4. The number of nitrogens with zero attached hydrogens (tertiary/aromatic N) is 1. The molecule has 0 spiro atoms. The standard InChI is InChI=1S/C23H34FNO6/c1-2-3-4-11-16-30-22(26)12-9-7-5-6-8-10-13-23(27)31-18-19-14-15-20(24)21(17-19)25(28)29/h14-15,17H,2-13,16,18H2,1H3. The summed E-state index contributed by atoms with van der Waals surface area (Å²) in [6.07, 6.45) is 10.4. The first-order valence-corrected chi connectivity index (χ1v) is 11.2. The molecule has 8 heteroatoms. The Morgan fingerprint density at radius 1 is 0.903 bits per heavy atom. The van der Waals surface area contributed by atoms with Crippen LogP contribution in [0.25, 0.3) is 0 Å². The fourth-order valence-corrected chi connectivity index (χ4v) is 3.06. The molecule has 0 aliphatic heterocycles. The summed E-state index contributed by atoms with van der Waals surface area (Å²) in [5.41, 5.74) is -0.255. The van der Waals surface area contributed by atoms with Crippen LogP contribution in [0, 0.1) is 15.9 Å². The van der Waals surface area contributed by atoms with Crippen LogP contribution in [0.15, 0.2) is 18.2 Å². The lowest BCUT2D eigenvalue weighted by molar-refractivity contribution is -0.387. The Bertz CT molecular complexity index is 695. The van der Waals surface area contributed by atoms with Gasteiger partial charge in [-0.3, -0.25) is 19.7 Å². The van der Waals surface area contributed by atoms with Crippen molar-refractivity contribution in [3.8, 4) is 0 Å². The molecule has 0 amide bonds. The van der Waals surface area contributed by atoms with E-state index in [-0.39, 0.29) is 25.0 Å². The number of halogens is 1. The van der Waals surface area contributed by atoms with Gasteiger partial charge in [0.25, 0.3) is 0 Å². The molecule has 0 atom stereocenters. The number of hydrogen-bond acceptors (Lipinski definition) is 6. The van der Waals surface area contributed by atoms with E-state index < -0.39 is 16.4 Å². The van der Waals surface area contributed by atoms with E-state index in [0.29, 0.717) is 25.0 Å². The number of unbranched alkanes of at least 4 members (excludes halogenated alkanes) is 8. The van der Waals surface area contributed by atoms with Crippen molar-refractivity contribution in [2.24, 2.45) is 0 Å². The minimum atomic E-state index is -0.917. The Kier molecular flexibility index (Phi) is 13.9. The van der Waals surface area contributed by atoms with Gasteiger partial charge >= 0.3 is 17.6 Å². The molecule has 0 saturated heterocycles. The minimum absolute atomic E-state index is 0.116. The van der Waals surface area contributed by atoms with Crippen molar-refractivity contribution in [3.63, 3.8) is 0 Å². The highest BCUT2D eigenvalue weighted by Crippen LogP contribution is 2.19. The smallest absolute Gasteiger partial charge is 0.306 e. The Morgan fingerprint density at radius 3 is 2.10 bits per heavy atom. The van der Waals surface area contributed by atoms with Gasteiger partial charge in [-0.15, -0.1) is 0 Å². The molecule has 7 nitrogen and oxygen atoms in total. The number of esters is 2. The van der Waals surface area contributed by atoms with Crippen molar-refractivity contribution >= 4 is 17.6 Å². The fourth-order valence-electron chi connectivity index (χ4n) is 3.06. The summed E-state index contributed by atoms with van der Waals surface area (Å²) in [6.45, 7) is 2.55. The van der Waals surface area contributed by atoms with Gasteiger partial charge in [-0.1, -0.05) is 57.9 Å². The number of carbonyl (C=O) groups excluding carboxylic acids is 2. The van der Waals surface area contributed by atoms with Gasteiger partial charge in [0.1, 0.15) is 6.61 Å². The third-order valence-corrected chi connectivity index (χ3v) is 4.88. The number of carbonyl (C=O) groups is 2. The topological polar surface area (TPSA) is 95.7 Å². The first kappa shape index (κ1) is 26.5. The molecule has 0 aromatic heterocycles. The molecule has 1 aromatic carbocycles. The number of nitro benzene ring substituents is 1. The predicted octanol–water partition coefficient (Wildman–Crippen LogP) is 6.02. The summed E-state index contributed by atoms with van der Waals surface area (Å²) < 4.78 is 23.6. The highest BCUT2D eigenvalue weighted by Gasteiger charge is 2.15. The second-order valence-corrected chi connectivity index (χ2v) is 7.61. The van der Waals surface area contributed by atoms with Crippen molar-refractivity contribution in [2.45, 2.75) is 90.6 Å². The molecule has 0 aliphatic rings. The SMILES string of the molecule is CCCCCCOC(=O)CCCCCCCCC(=O)OCc1ccc(F)c([N+](=O)[O-])c1. The number of ether oxygens (including phenoxy) is 2. The summed E-state index contributed by atoms with van der Waals surface area (Å²) in [5, 5.41) is 10.7. The molecule has 1 aromatic rings. The van der Waals surface area contributed by atoms with E-state index in [1.165, 1.54) is 12.5 Å². The lowest BCUT2D eigenvalue weighted by atomic mass is 10.1. The van der Waals surface area contributed by atoms with Gasteiger partial charge in [0, 0.05) is 18.9 Å². The maximum atomic E-state index is 13.3. The molecule has 0 radical (unpaired) electrons. The maximum absolute atomic E-state index is 13.3. The molecule has 1 rings (SSSR count). The summed E-state index contributed by atoms with van der Waals surface area (Å²) in [4.78, 5) is 33.3. The third-order valence-electron chi connectivity index (χ3n) is 4.88. The van der Waals surface area contributed by atoms with E-state index in [0.717, 1.165) is 63.5 Å². The second kappa shape index (κ2) is 16.2. The molecule has 0 saturated carbocycles. The van der Waals surface area contributed by atoms with Gasteiger partial charge < -0.3 is 9.47 Å². The van der Waals surface area contributed by atoms with E-state index in [2.05, 4.69) is 6.92 Å². The molecular weight excluding hydrogens is 405 g/mol. The summed E-state index contributed by atoms with van der Waals surface area (Å²) in [6, 6.07) is 3.43. The zero-order valence-electron chi connectivity index (χ0n) is 18.4. The van der Waals surface area contributed by atoms with Crippen molar-refractivity contribution in [1.82, 2.24) is 0 Å². The Balaban J connectivity index is 2.01. The molecule has 0 bridgehead atoms. The molecule has 0 aliphatic carbocycles. The van der Waals surface area contributed by atoms with Gasteiger partial charge in [0.05, 0.1) is 11.5 Å². The predicted molar refractivity (Wildman–Crippen MR) is 115 cm³/mol. The number of hydrogen-bond donors (Lipinski definition) is 0. The number of benzene rings is 1. The van der Waals surface area contributed by atoms with Gasteiger partial charge in [-0.2, -0.15) is 4.39 Å². The average Bonchev–Trinajstić information content (AvgIpc) is 2.74. The van der Waals surface area contributed by atoms with Crippen LogP contribution in [-0.4, -0.2) is 23.5 Å². The monoisotopic (exact) mass is 439 g/mol. The van der Waals surface area contributed by atoms with Gasteiger partial charge in [0.15, 0.2) is 0 Å². The van der Waals surface area contributed by atoms with Crippen LogP contribution < -0.4 is 0 Å². The first-order chi connectivity index (χ1) is 14.9. The van der Waals surface area contributed by atoms with E-state index in [9.17, 15) is 24.1 Å². The minimum Gasteiger partial charge on any atom is -0.466 e. The molecule has 0 unspecified atom stereocenters. The zero-order chi connectivity index (χ0) is 22.9. The van der Waals surface area contributed by atoms with Crippen LogP contribution in [0.2, 0.25) is 0 Å². The highest BCUT2D eigenvalue weighted by atomic mass is 19.1. The quantitative estimate of drug-likeness (QED) is 0.127. The fraction of sp³-hybridized carbons (Fsp3) is 0.652. The normalized spacial score (nSPS) is 10.6. The van der Waals surface area contributed by atoms with Gasteiger partial charge in [0.2, 0.25) is 5.82 Å². The molecule has 0 N–H and O–H groups in total. The van der Waals surface area contributed by atoms with Crippen molar-refractivity contribution in [3.05, 3.63) is 39.7 Å². The van der Waals surface area contributed by atoms with Crippen LogP contribution >= 0.6 is 0 Å². The van der Waals surface area contributed by atoms with E-state index in [4.69, 9.17) is 9.47 Å². The van der Waals surface area contributed by atoms with E-state index in [1.807, 2.05) is 0 Å². The van der Waals surface area contributed by atoms with E-state index in [1.54, 1.807) is 0 Å². The van der Waals surface area contributed by atoms with Crippen molar-refractivity contribution < 1.29 is 28.4 Å². The Morgan fingerprint density at radius 2 is 1.48 bits per heavy atom. The number of nitro groups is 1. The van der Waals surface area contributed by atoms with Crippen molar-refractivity contribution in [1.29, 1.82) is 0 Å². The van der Waals surface area contributed by atoms with Gasteiger partial charge in [-0.25, -0.2) is 0 Å². The summed E-state index contributed by atoms with van der Waals surface area (Å²) >= 11 is 0. The van der Waals surface area contributed by atoms with Crippen molar-refractivity contribution in [2.75, 3.05) is 6.61 Å². The average molecular weight is 440 g/mol. The maximum Gasteiger partial charge on any atom is 0.306 e. The third kappa shape index (κ3) is 12.7. The van der Waals surface area contributed by atoms with E-state index >= 15 is 0 Å². The molecular formula is C23H34FNO6. The van der Waals surface area contributed by atoms with Crippen LogP contribution in [0.3, 0.4) is 0 Å². The van der Waals surface area contributed by atoms with Crippen LogP contribution in [0.1, 0.15) is 89.5 Å². The molecule has 31 heavy (non-hydrogen) atoms. The summed E-state index contributed by atoms with van der Waals surface area (Å²) in [5.74, 6) is -1.42. The first-order valence-electron chi connectivity index (χ1n) is 11.2. The Labute approximate surface area is 183 Å². The summed E-state index contributed by atoms with van der Waals surface area (Å²) in [7, 11) is 0. The highest BCUT2D eigenvalue weighted by molar-refractivity contribution is 5.69. The molecule has 0 heterocycles. The number of rotatable bonds is 17. The second-order valence-electron chi connectivity index (χ2n) is 7.61. The lowest BCUT2D eigenvalue weighted by Gasteiger charge is -2.06. The van der Waals surface area contributed by atoms with Gasteiger partial charge in [-0.05, 0) is 30.9 Å². The Hall–Kier alpha value is -2.51. The molecule has 174 valence electrons. The largest absolute Gasteiger partial charge is 0.466 e. The molecule has 0 fully saturated rings. The van der Waals surface area contributed by atoms with Crippen LogP contribution in [-0.2, 0) is 25.7 Å². The lowest BCUT2D eigenvalue weighted by Crippen LogP contribution is -2.05. The van der Waals surface area contributed by atoms with Crippen LogP contribution in [0.5, 0.6) is 0 Å². The van der Waals surface area contributed by atoms with Crippen LogP contribution in [0.4, 0.5) is 10.1 Å².